The first-order valence-electron chi connectivity index (χ1n) is 6.96. The van der Waals surface area contributed by atoms with Crippen LogP contribution in [0.15, 0.2) is 66.9 Å². The summed E-state index contributed by atoms with van der Waals surface area (Å²) >= 11 is 0. The van der Waals surface area contributed by atoms with Gasteiger partial charge in [-0.2, -0.15) is 0 Å². The number of hydrogen-bond donors (Lipinski definition) is 0. The Morgan fingerprint density at radius 3 is 2.33 bits per heavy atom. The highest BCUT2D eigenvalue weighted by molar-refractivity contribution is 6.12. The molecule has 0 amide bonds. The lowest BCUT2D eigenvalue weighted by Crippen LogP contribution is -1.93. The Balaban J connectivity index is 2.25. The normalized spacial score (nSPS) is 11.8. The van der Waals surface area contributed by atoms with E-state index in [1.54, 1.807) is 0 Å². The highest BCUT2D eigenvalue weighted by Gasteiger charge is 2.12. The number of fused-ring (bicyclic) bond motifs is 8. The first-order chi connectivity index (χ1) is 10.4. The predicted molar refractivity (Wildman–Crippen MR) is 85.5 cm³/mol. The average molecular weight is 269 g/mol. The van der Waals surface area contributed by atoms with Crippen molar-refractivity contribution < 1.29 is 0 Å². The molecule has 2 aromatic carbocycles. The van der Waals surface area contributed by atoms with Gasteiger partial charge in [-0.05, 0) is 29.7 Å². The third-order valence-electron chi connectivity index (χ3n) is 4.02. The molecule has 0 spiro atoms. The Morgan fingerprint density at radius 1 is 0.667 bits per heavy atom. The standard InChI is InChI=1S/C18H11N3/c1-2-7-14-12(6-1)13-8-5-11-19-17(13)21-16-10-4-3-9-15(16)20-18(14)21/h1-11H. The lowest BCUT2D eigenvalue weighted by molar-refractivity contribution is 1.23. The molecule has 0 saturated heterocycles. The molecule has 3 heteroatoms. The lowest BCUT2D eigenvalue weighted by atomic mass is 10.1. The minimum atomic E-state index is 0.958. The Hall–Kier alpha value is -2.94. The Bertz CT molecular complexity index is 1140. The van der Waals surface area contributed by atoms with Crippen LogP contribution in [0.3, 0.4) is 0 Å². The maximum atomic E-state index is 4.82. The van der Waals surface area contributed by atoms with Gasteiger partial charge in [-0.1, -0.05) is 36.4 Å². The molecule has 3 heterocycles. The summed E-state index contributed by atoms with van der Waals surface area (Å²) in [7, 11) is 0. The smallest absolute Gasteiger partial charge is 0.147 e. The molecular weight excluding hydrogens is 258 g/mol. The van der Waals surface area contributed by atoms with Crippen molar-refractivity contribution in [2.24, 2.45) is 0 Å². The molecule has 0 fully saturated rings. The molecule has 0 aliphatic carbocycles. The van der Waals surface area contributed by atoms with Crippen LogP contribution in [0.4, 0.5) is 0 Å². The molecule has 0 bridgehead atoms. The summed E-state index contributed by atoms with van der Waals surface area (Å²) in [6, 6.07) is 20.7. The van der Waals surface area contributed by atoms with Crippen molar-refractivity contribution in [3.63, 3.8) is 0 Å². The van der Waals surface area contributed by atoms with E-state index in [4.69, 9.17) is 4.98 Å². The van der Waals surface area contributed by atoms with E-state index >= 15 is 0 Å². The second kappa shape index (κ2) is 3.79. The Labute approximate surface area is 120 Å². The number of rotatable bonds is 0. The molecule has 5 aromatic rings. The number of para-hydroxylation sites is 2. The molecule has 0 N–H and O–H groups in total. The summed E-state index contributed by atoms with van der Waals surface area (Å²) in [5, 5.41) is 3.52. The zero-order valence-corrected chi connectivity index (χ0v) is 11.2. The van der Waals surface area contributed by atoms with Crippen molar-refractivity contribution in [2.75, 3.05) is 0 Å². The van der Waals surface area contributed by atoms with Gasteiger partial charge in [0.1, 0.15) is 11.3 Å². The van der Waals surface area contributed by atoms with E-state index in [1.807, 2.05) is 30.5 Å². The first kappa shape index (κ1) is 10.8. The van der Waals surface area contributed by atoms with Crippen molar-refractivity contribution in [1.29, 1.82) is 0 Å². The van der Waals surface area contributed by atoms with Crippen LogP contribution in [0.2, 0.25) is 0 Å². The van der Waals surface area contributed by atoms with E-state index in [2.05, 4.69) is 45.8 Å². The number of pyridine rings is 2. The molecular formula is C18H11N3. The quantitative estimate of drug-likeness (QED) is 0.395. The first-order valence-corrected chi connectivity index (χ1v) is 6.96. The monoisotopic (exact) mass is 269 g/mol. The van der Waals surface area contributed by atoms with Gasteiger partial charge in [-0.15, -0.1) is 0 Å². The van der Waals surface area contributed by atoms with Crippen LogP contribution < -0.4 is 0 Å². The second-order valence-electron chi connectivity index (χ2n) is 5.18. The molecule has 0 saturated carbocycles. The molecule has 0 radical (unpaired) electrons. The van der Waals surface area contributed by atoms with Gasteiger partial charge in [-0.3, -0.25) is 4.40 Å². The highest BCUT2D eigenvalue weighted by Crippen LogP contribution is 2.30. The van der Waals surface area contributed by atoms with Gasteiger partial charge < -0.3 is 0 Å². The van der Waals surface area contributed by atoms with E-state index < -0.39 is 0 Å². The van der Waals surface area contributed by atoms with Gasteiger partial charge >= 0.3 is 0 Å². The molecule has 3 nitrogen and oxygen atoms in total. The number of aromatic nitrogens is 3. The number of hydrogen-bond acceptors (Lipinski definition) is 2. The SMILES string of the molecule is c1ccc2c(c1)nc1c3ccccc3c3cccnc3n21. The fraction of sp³-hybridized carbons (Fsp3) is 0. The molecule has 0 aliphatic heterocycles. The minimum absolute atomic E-state index is 0.958. The lowest BCUT2D eigenvalue weighted by Gasteiger charge is -2.07. The van der Waals surface area contributed by atoms with Crippen molar-refractivity contribution in [1.82, 2.24) is 14.4 Å². The third-order valence-corrected chi connectivity index (χ3v) is 4.02. The van der Waals surface area contributed by atoms with Crippen molar-refractivity contribution in [2.45, 2.75) is 0 Å². The third kappa shape index (κ3) is 1.32. The fourth-order valence-electron chi connectivity index (χ4n) is 3.12. The van der Waals surface area contributed by atoms with Crippen molar-refractivity contribution in [3.8, 4) is 0 Å². The van der Waals surface area contributed by atoms with Gasteiger partial charge in [0.2, 0.25) is 0 Å². The summed E-state index contributed by atoms with van der Waals surface area (Å²) in [5.41, 5.74) is 4.03. The van der Waals surface area contributed by atoms with E-state index in [0.717, 1.165) is 33.1 Å². The molecule has 0 aliphatic rings. The van der Waals surface area contributed by atoms with Crippen molar-refractivity contribution >= 4 is 38.5 Å². The van der Waals surface area contributed by atoms with Gasteiger partial charge in [-0.25, -0.2) is 9.97 Å². The van der Waals surface area contributed by atoms with Gasteiger partial charge in [0.05, 0.1) is 11.0 Å². The number of nitrogens with zero attached hydrogens (tertiary/aromatic N) is 3. The molecule has 0 unspecified atom stereocenters. The zero-order valence-electron chi connectivity index (χ0n) is 11.2. The van der Waals surface area contributed by atoms with Crippen LogP contribution in [0.1, 0.15) is 0 Å². The summed E-state index contributed by atoms with van der Waals surface area (Å²) in [4.78, 5) is 9.42. The van der Waals surface area contributed by atoms with E-state index in [9.17, 15) is 0 Å². The van der Waals surface area contributed by atoms with Crippen LogP contribution in [-0.2, 0) is 0 Å². The van der Waals surface area contributed by atoms with Gasteiger partial charge in [0.25, 0.3) is 0 Å². The molecule has 21 heavy (non-hydrogen) atoms. The van der Waals surface area contributed by atoms with E-state index in [0.29, 0.717) is 0 Å². The molecule has 0 atom stereocenters. The summed E-state index contributed by atoms with van der Waals surface area (Å²) in [6.07, 6.45) is 1.84. The summed E-state index contributed by atoms with van der Waals surface area (Å²) in [6.45, 7) is 0. The van der Waals surface area contributed by atoms with Crippen LogP contribution >= 0.6 is 0 Å². The minimum Gasteiger partial charge on any atom is -0.276 e. The average Bonchev–Trinajstić information content (AvgIpc) is 2.95. The zero-order chi connectivity index (χ0) is 13.8. The molecule has 98 valence electrons. The maximum absolute atomic E-state index is 4.82. The summed E-state index contributed by atoms with van der Waals surface area (Å²) in [5.74, 6) is 0. The predicted octanol–water partition coefficient (Wildman–Crippen LogP) is 4.19. The maximum Gasteiger partial charge on any atom is 0.147 e. The Kier molecular flexibility index (Phi) is 1.95. The van der Waals surface area contributed by atoms with Crippen LogP contribution in [0.5, 0.6) is 0 Å². The molecule has 5 rings (SSSR count). The largest absolute Gasteiger partial charge is 0.276 e. The topological polar surface area (TPSA) is 30.2 Å². The summed E-state index contributed by atoms with van der Waals surface area (Å²) < 4.78 is 2.16. The van der Waals surface area contributed by atoms with Crippen LogP contribution in [0, 0.1) is 0 Å². The number of benzene rings is 2. The van der Waals surface area contributed by atoms with Crippen LogP contribution in [0.25, 0.3) is 38.5 Å². The Morgan fingerprint density at radius 2 is 1.38 bits per heavy atom. The van der Waals surface area contributed by atoms with Gasteiger partial charge in [0.15, 0.2) is 0 Å². The van der Waals surface area contributed by atoms with E-state index in [-0.39, 0.29) is 0 Å². The van der Waals surface area contributed by atoms with E-state index in [1.165, 1.54) is 5.39 Å². The molecule has 3 aromatic heterocycles. The number of imidazole rings is 1. The highest BCUT2D eigenvalue weighted by atomic mass is 15.1. The van der Waals surface area contributed by atoms with Crippen molar-refractivity contribution in [3.05, 3.63) is 66.9 Å². The second-order valence-corrected chi connectivity index (χ2v) is 5.18. The fourth-order valence-corrected chi connectivity index (χ4v) is 3.12. The van der Waals surface area contributed by atoms with Crippen LogP contribution in [-0.4, -0.2) is 14.4 Å². The van der Waals surface area contributed by atoms with Gasteiger partial charge in [0, 0.05) is 17.0 Å².